The Morgan fingerprint density at radius 2 is 2.06 bits per heavy atom. The molecule has 0 amide bonds. The number of sulfonamides is 1. The van der Waals surface area contributed by atoms with Crippen LogP contribution in [0.15, 0.2) is 4.90 Å². The van der Waals surface area contributed by atoms with E-state index in [1.165, 1.54) is 19.3 Å². The van der Waals surface area contributed by atoms with Gasteiger partial charge < -0.3 is 0 Å². The molecule has 6 heteroatoms. The fourth-order valence-corrected chi connectivity index (χ4v) is 3.16. The summed E-state index contributed by atoms with van der Waals surface area (Å²) in [6, 6.07) is 0. The molecule has 90 valence electrons. The predicted molar refractivity (Wildman–Crippen MR) is 60.4 cm³/mol. The van der Waals surface area contributed by atoms with Gasteiger partial charge >= 0.3 is 0 Å². The number of aromatic nitrogens is 2. The molecule has 5 nitrogen and oxygen atoms in total. The molecule has 2 N–H and O–H groups in total. The minimum Gasteiger partial charge on any atom is -0.268 e. The highest BCUT2D eigenvalue weighted by atomic mass is 32.2. The van der Waals surface area contributed by atoms with Crippen molar-refractivity contribution in [2.24, 2.45) is 11.1 Å². The normalized spacial score (nSPS) is 17.4. The molecule has 0 bridgehead atoms. The van der Waals surface area contributed by atoms with Crippen LogP contribution in [0.1, 0.15) is 30.7 Å². The summed E-state index contributed by atoms with van der Waals surface area (Å²) in [4.78, 5) is 0.187. The maximum Gasteiger partial charge on any atom is 0.241 e. The van der Waals surface area contributed by atoms with E-state index in [2.05, 4.69) is 5.10 Å². The van der Waals surface area contributed by atoms with Crippen molar-refractivity contribution in [3.63, 3.8) is 0 Å². The standard InChI is InChI=1S/C10H17N3O2S/c1-7-10(16(11,14)15)8(2)13(12-7)6-9-4-3-5-9/h9H,3-6H2,1-2H3,(H2,11,14,15). The maximum atomic E-state index is 11.4. The van der Waals surface area contributed by atoms with Gasteiger partial charge in [0.1, 0.15) is 4.90 Å². The second-order valence-electron chi connectivity index (χ2n) is 4.52. The van der Waals surface area contributed by atoms with Gasteiger partial charge in [0.2, 0.25) is 10.0 Å². The summed E-state index contributed by atoms with van der Waals surface area (Å²) in [7, 11) is -3.65. The van der Waals surface area contributed by atoms with Crippen LogP contribution in [0.2, 0.25) is 0 Å². The Labute approximate surface area is 95.7 Å². The van der Waals surface area contributed by atoms with E-state index in [0.29, 0.717) is 17.3 Å². The Morgan fingerprint density at radius 3 is 2.44 bits per heavy atom. The van der Waals surface area contributed by atoms with Crippen molar-refractivity contribution in [3.05, 3.63) is 11.4 Å². The van der Waals surface area contributed by atoms with Crippen molar-refractivity contribution in [2.75, 3.05) is 0 Å². The molecule has 2 rings (SSSR count). The average molecular weight is 243 g/mol. The highest BCUT2D eigenvalue weighted by Crippen LogP contribution is 2.29. The van der Waals surface area contributed by atoms with Crippen molar-refractivity contribution in [2.45, 2.75) is 44.6 Å². The minimum absolute atomic E-state index is 0.187. The van der Waals surface area contributed by atoms with Crippen LogP contribution in [0.3, 0.4) is 0 Å². The topological polar surface area (TPSA) is 78.0 Å². The zero-order valence-corrected chi connectivity index (χ0v) is 10.4. The number of aryl methyl sites for hydroxylation is 1. The van der Waals surface area contributed by atoms with E-state index in [1.807, 2.05) is 0 Å². The summed E-state index contributed by atoms with van der Waals surface area (Å²) >= 11 is 0. The first-order valence-electron chi connectivity index (χ1n) is 5.46. The largest absolute Gasteiger partial charge is 0.268 e. The molecule has 1 aromatic heterocycles. The van der Waals surface area contributed by atoms with Gasteiger partial charge in [-0.05, 0) is 32.6 Å². The summed E-state index contributed by atoms with van der Waals surface area (Å²) in [5.74, 6) is 0.645. The number of nitrogens with zero attached hydrogens (tertiary/aromatic N) is 2. The number of nitrogens with two attached hydrogens (primary N) is 1. The third-order valence-electron chi connectivity index (χ3n) is 3.26. The predicted octanol–water partition coefficient (Wildman–Crippen LogP) is 0.947. The van der Waals surface area contributed by atoms with Crippen LogP contribution < -0.4 is 5.14 Å². The molecule has 0 spiro atoms. The van der Waals surface area contributed by atoms with E-state index >= 15 is 0 Å². The fourth-order valence-electron chi connectivity index (χ4n) is 2.19. The highest BCUT2D eigenvalue weighted by Gasteiger charge is 2.24. The van der Waals surface area contributed by atoms with Crippen LogP contribution in [0.25, 0.3) is 0 Å². The van der Waals surface area contributed by atoms with E-state index < -0.39 is 10.0 Å². The number of hydrogen-bond acceptors (Lipinski definition) is 3. The lowest BCUT2D eigenvalue weighted by molar-refractivity contribution is 0.264. The summed E-state index contributed by atoms with van der Waals surface area (Å²) in [6.07, 6.45) is 3.69. The molecule has 16 heavy (non-hydrogen) atoms. The lowest BCUT2D eigenvalue weighted by Gasteiger charge is -2.25. The van der Waals surface area contributed by atoms with Crippen LogP contribution in [0.4, 0.5) is 0 Å². The van der Waals surface area contributed by atoms with Gasteiger partial charge in [0.05, 0.1) is 11.4 Å². The summed E-state index contributed by atoms with van der Waals surface area (Å²) in [5, 5.41) is 9.42. The van der Waals surface area contributed by atoms with Gasteiger partial charge in [-0.25, -0.2) is 13.6 Å². The molecule has 1 saturated carbocycles. The molecule has 1 fully saturated rings. The van der Waals surface area contributed by atoms with Crippen molar-refractivity contribution in [3.8, 4) is 0 Å². The Bertz CT molecular complexity index is 500. The SMILES string of the molecule is Cc1nn(CC2CCC2)c(C)c1S(N)(=O)=O. The van der Waals surface area contributed by atoms with Crippen LogP contribution >= 0.6 is 0 Å². The van der Waals surface area contributed by atoms with E-state index in [1.54, 1.807) is 18.5 Å². The van der Waals surface area contributed by atoms with Gasteiger partial charge in [0.15, 0.2) is 0 Å². The zero-order chi connectivity index (χ0) is 11.9. The van der Waals surface area contributed by atoms with E-state index in [-0.39, 0.29) is 4.90 Å². The fraction of sp³-hybridized carbons (Fsp3) is 0.700. The maximum absolute atomic E-state index is 11.4. The van der Waals surface area contributed by atoms with Gasteiger partial charge in [-0.3, -0.25) is 4.68 Å². The zero-order valence-electron chi connectivity index (χ0n) is 9.60. The van der Waals surface area contributed by atoms with Crippen LogP contribution in [0.5, 0.6) is 0 Å². The van der Waals surface area contributed by atoms with Gasteiger partial charge in [-0.2, -0.15) is 5.10 Å². The van der Waals surface area contributed by atoms with Gasteiger partial charge in [-0.1, -0.05) is 6.42 Å². The van der Waals surface area contributed by atoms with E-state index in [0.717, 1.165) is 6.54 Å². The molecule has 0 saturated heterocycles. The lowest BCUT2D eigenvalue weighted by atomic mass is 9.85. The smallest absolute Gasteiger partial charge is 0.241 e. The van der Waals surface area contributed by atoms with Crippen LogP contribution in [0, 0.1) is 19.8 Å². The second-order valence-corrected chi connectivity index (χ2v) is 6.02. The first kappa shape index (κ1) is 11.6. The van der Waals surface area contributed by atoms with Crippen LogP contribution in [-0.4, -0.2) is 18.2 Å². The van der Waals surface area contributed by atoms with Crippen molar-refractivity contribution >= 4 is 10.0 Å². The molecule has 0 aliphatic heterocycles. The number of primary sulfonamides is 1. The second kappa shape index (κ2) is 3.85. The molecule has 0 aromatic carbocycles. The lowest BCUT2D eigenvalue weighted by Crippen LogP contribution is -2.20. The van der Waals surface area contributed by atoms with Gasteiger partial charge in [0, 0.05) is 6.54 Å². The minimum atomic E-state index is -3.65. The molecule has 1 aliphatic carbocycles. The Morgan fingerprint density at radius 1 is 1.44 bits per heavy atom. The third-order valence-corrected chi connectivity index (χ3v) is 4.42. The van der Waals surface area contributed by atoms with Crippen molar-refractivity contribution < 1.29 is 8.42 Å². The van der Waals surface area contributed by atoms with Crippen molar-refractivity contribution in [1.82, 2.24) is 9.78 Å². The number of hydrogen-bond donors (Lipinski definition) is 1. The highest BCUT2D eigenvalue weighted by molar-refractivity contribution is 7.89. The first-order valence-corrected chi connectivity index (χ1v) is 7.01. The van der Waals surface area contributed by atoms with Crippen molar-refractivity contribution in [1.29, 1.82) is 0 Å². The van der Waals surface area contributed by atoms with Crippen LogP contribution in [-0.2, 0) is 16.6 Å². The monoisotopic (exact) mass is 243 g/mol. The Balaban J connectivity index is 2.34. The molecule has 0 atom stereocenters. The summed E-state index contributed by atoms with van der Waals surface area (Å²) in [5.41, 5.74) is 1.16. The molecular weight excluding hydrogens is 226 g/mol. The molecule has 1 heterocycles. The average Bonchev–Trinajstić information content (AvgIpc) is 2.33. The van der Waals surface area contributed by atoms with Gasteiger partial charge in [-0.15, -0.1) is 0 Å². The Hall–Kier alpha value is -0.880. The van der Waals surface area contributed by atoms with Gasteiger partial charge in [0.25, 0.3) is 0 Å². The summed E-state index contributed by atoms with van der Waals surface area (Å²) < 4.78 is 24.5. The first-order chi connectivity index (χ1) is 7.39. The third kappa shape index (κ3) is 1.99. The molecule has 0 unspecified atom stereocenters. The Kier molecular flexibility index (Phi) is 2.79. The van der Waals surface area contributed by atoms with E-state index in [9.17, 15) is 8.42 Å². The quantitative estimate of drug-likeness (QED) is 0.858. The molecule has 0 radical (unpaired) electrons. The molecule has 1 aromatic rings. The molecular formula is C10H17N3O2S. The molecule has 1 aliphatic rings. The van der Waals surface area contributed by atoms with E-state index in [4.69, 9.17) is 5.14 Å². The summed E-state index contributed by atoms with van der Waals surface area (Å²) in [6.45, 7) is 4.25. The number of rotatable bonds is 3.